The number of hydrogen-bond donors (Lipinski definition) is 1. The smallest absolute Gasteiger partial charge is 0.317 e. The highest BCUT2D eigenvalue weighted by atomic mass is 35.5. The summed E-state index contributed by atoms with van der Waals surface area (Å²) in [5.41, 5.74) is 3.30. The molecule has 2 aromatic rings. The van der Waals surface area contributed by atoms with E-state index < -0.39 is 0 Å². The van der Waals surface area contributed by atoms with Crippen molar-refractivity contribution in [1.82, 2.24) is 10.2 Å². The van der Waals surface area contributed by atoms with Gasteiger partial charge in [0.25, 0.3) is 0 Å². The molecule has 1 aliphatic rings. The summed E-state index contributed by atoms with van der Waals surface area (Å²) in [6.07, 6.45) is 0.796. The van der Waals surface area contributed by atoms with Crippen LogP contribution in [0.25, 0.3) is 0 Å². The number of methoxy groups -OCH3 is 2. The van der Waals surface area contributed by atoms with Gasteiger partial charge in [0.05, 0.1) is 14.2 Å². The molecule has 0 aliphatic carbocycles. The van der Waals surface area contributed by atoms with Gasteiger partial charge < -0.3 is 19.7 Å². The van der Waals surface area contributed by atoms with E-state index in [-0.39, 0.29) is 6.03 Å². The zero-order valence-electron chi connectivity index (χ0n) is 14.3. The lowest BCUT2D eigenvalue weighted by Crippen LogP contribution is -2.42. The van der Waals surface area contributed by atoms with Gasteiger partial charge in [-0.25, -0.2) is 4.79 Å². The lowest BCUT2D eigenvalue weighted by molar-refractivity contribution is 0.191. The Morgan fingerprint density at radius 2 is 1.76 bits per heavy atom. The van der Waals surface area contributed by atoms with Crippen LogP contribution in [0.1, 0.15) is 16.7 Å². The molecule has 5 nitrogen and oxygen atoms in total. The molecule has 3 rings (SSSR count). The summed E-state index contributed by atoms with van der Waals surface area (Å²) in [5.74, 6) is 1.41. The number of nitrogens with one attached hydrogen (secondary N) is 1. The molecular formula is C19H21ClN2O3. The first-order chi connectivity index (χ1) is 12.1. The summed E-state index contributed by atoms with van der Waals surface area (Å²) >= 11 is 5.88. The van der Waals surface area contributed by atoms with Crippen molar-refractivity contribution >= 4 is 17.6 Å². The molecule has 0 bridgehead atoms. The maximum Gasteiger partial charge on any atom is 0.317 e. The number of halogens is 1. The van der Waals surface area contributed by atoms with E-state index in [9.17, 15) is 4.79 Å². The van der Waals surface area contributed by atoms with Crippen LogP contribution in [0.15, 0.2) is 36.4 Å². The van der Waals surface area contributed by atoms with Crippen LogP contribution in [0.2, 0.25) is 5.02 Å². The van der Waals surface area contributed by atoms with Crippen molar-refractivity contribution in [2.45, 2.75) is 19.5 Å². The molecule has 0 saturated carbocycles. The molecule has 1 heterocycles. The Hall–Kier alpha value is -2.40. The van der Waals surface area contributed by atoms with Crippen molar-refractivity contribution < 1.29 is 14.3 Å². The molecule has 0 atom stereocenters. The Labute approximate surface area is 152 Å². The van der Waals surface area contributed by atoms with Gasteiger partial charge in [0.15, 0.2) is 11.5 Å². The zero-order chi connectivity index (χ0) is 17.8. The number of urea groups is 1. The predicted molar refractivity (Wildman–Crippen MR) is 97.3 cm³/mol. The van der Waals surface area contributed by atoms with Crippen molar-refractivity contribution in [1.29, 1.82) is 0 Å². The Kier molecular flexibility index (Phi) is 5.34. The first-order valence-electron chi connectivity index (χ1n) is 8.11. The van der Waals surface area contributed by atoms with Crippen molar-refractivity contribution in [2.75, 3.05) is 20.8 Å². The third kappa shape index (κ3) is 3.99. The topological polar surface area (TPSA) is 50.8 Å². The lowest BCUT2D eigenvalue weighted by Gasteiger charge is -2.29. The second kappa shape index (κ2) is 7.66. The molecule has 0 saturated heterocycles. The maximum atomic E-state index is 12.5. The third-order valence-electron chi connectivity index (χ3n) is 4.36. The summed E-state index contributed by atoms with van der Waals surface area (Å²) in [4.78, 5) is 14.3. The second-order valence-electron chi connectivity index (χ2n) is 5.93. The second-order valence-corrected chi connectivity index (χ2v) is 6.37. The van der Waals surface area contributed by atoms with Gasteiger partial charge >= 0.3 is 6.03 Å². The van der Waals surface area contributed by atoms with E-state index in [1.807, 2.05) is 41.3 Å². The van der Waals surface area contributed by atoms with Crippen LogP contribution >= 0.6 is 11.6 Å². The van der Waals surface area contributed by atoms with Gasteiger partial charge in [-0.15, -0.1) is 0 Å². The molecule has 0 unspecified atom stereocenters. The minimum atomic E-state index is -0.0737. The number of benzene rings is 2. The average molecular weight is 361 g/mol. The summed E-state index contributed by atoms with van der Waals surface area (Å²) < 4.78 is 10.7. The highest BCUT2D eigenvalue weighted by Crippen LogP contribution is 2.33. The number of rotatable bonds is 4. The van der Waals surface area contributed by atoms with E-state index >= 15 is 0 Å². The quantitative estimate of drug-likeness (QED) is 0.905. The van der Waals surface area contributed by atoms with E-state index in [1.165, 1.54) is 5.56 Å². The highest BCUT2D eigenvalue weighted by molar-refractivity contribution is 6.30. The Balaban J connectivity index is 1.65. The molecule has 6 heteroatoms. The first kappa shape index (κ1) is 17.4. The number of nitrogens with zero attached hydrogens (tertiary/aromatic N) is 1. The van der Waals surface area contributed by atoms with Gasteiger partial charge in [0.1, 0.15) is 0 Å². The lowest BCUT2D eigenvalue weighted by atomic mass is 9.99. The third-order valence-corrected chi connectivity index (χ3v) is 4.61. The van der Waals surface area contributed by atoms with Gasteiger partial charge in [0, 0.05) is 24.7 Å². The van der Waals surface area contributed by atoms with Crippen molar-refractivity contribution in [3.8, 4) is 11.5 Å². The number of amides is 2. The molecule has 0 aromatic heterocycles. The average Bonchev–Trinajstić information content (AvgIpc) is 2.65. The molecule has 1 N–H and O–H groups in total. The molecule has 2 amide bonds. The fourth-order valence-electron chi connectivity index (χ4n) is 2.95. The Morgan fingerprint density at radius 3 is 2.40 bits per heavy atom. The number of carbonyl (C=O) groups is 1. The molecule has 0 fully saturated rings. The Morgan fingerprint density at radius 1 is 1.12 bits per heavy atom. The van der Waals surface area contributed by atoms with Crippen molar-refractivity contribution in [3.63, 3.8) is 0 Å². The van der Waals surface area contributed by atoms with E-state index in [0.717, 1.165) is 23.3 Å². The molecule has 1 aliphatic heterocycles. The standard InChI is InChI=1S/C19H21ClN2O3/c1-24-17-9-14-7-8-22(12-15(14)10-18(17)25-2)19(23)21-11-13-3-5-16(20)6-4-13/h3-6,9-10H,7-8,11-12H2,1-2H3,(H,21,23). The number of fused-ring (bicyclic) bond motifs is 1. The van der Waals surface area contributed by atoms with Gasteiger partial charge in [0.2, 0.25) is 0 Å². The zero-order valence-corrected chi connectivity index (χ0v) is 15.1. The number of carbonyl (C=O) groups excluding carboxylic acids is 1. The van der Waals surface area contributed by atoms with E-state index in [4.69, 9.17) is 21.1 Å². The largest absolute Gasteiger partial charge is 0.493 e. The fourth-order valence-corrected chi connectivity index (χ4v) is 3.07. The van der Waals surface area contributed by atoms with Gasteiger partial charge in [-0.2, -0.15) is 0 Å². The summed E-state index contributed by atoms with van der Waals surface area (Å²) in [6.45, 7) is 1.71. The first-order valence-corrected chi connectivity index (χ1v) is 8.49. The highest BCUT2D eigenvalue weighted by Gasteiger charge is 2.22. The van der Waals surface area contributed by atoms with Crippen LogP contribution in [-0.2, 0) is 19.5 Å². The fraction of sp³-hybridized carbons (Fsp3) is 0.316. The van der Waals surface area contributed by atoms with Crippen LogP contribution in [0, 0.1) is 0 Å². The van der Waals surface area contributed by atoms with Crippen LogP contribution < -0.4 is 14.8 Å². The van der Waals surface area contributed by atoms with Crippen molar-refractivity contribution in [2.24, 2.45) is 0 Å². The van der Waals surface area contributed by atoms with Gasteiger partial charge in [-0.3, -0.25) is 0 Å². The minimum absolute atomic E-state index is 0.0737. The van der Waals surface area contributed by atoms with Crippen LogP contribution in [0.5, 0.6) is 11.5 Å². The molecule has 0 radical (unpaired) electrons. The summed E-state index contributed by atoms with van der Waals surface area (Å²) in [6, 6.07) is 11.3. The Bertz CT molecular complexity index is 762. The molecule has 0 spiro atoms. The number of ether oxygens (including phenoxy) is 2. The van der Waals surface area contributed by atoms with Crippen molar-refractivity contribution in [3.05, 3.63) is 58.1 Å². The molecule has 25 heavy (non-hydrogen) atoms. The van der Waals surface area contributed by atoms with Gasteiger partial charge in [-0.05, 0) is 47.4 Å². The van der Waals surface area contributed by atoms with Crippen LogP contribution in [-0.4, -0.2) is 31.7 Å². The molecular weight excluding hydrogens is 340 g/mol. The monoisotopic (exact) mass is 360 g/mol. The van der Waals surface area contributed by atoms with Gasteiger partial charge in [-0.1, -0.05) is 23.7 Å². The number of hydrogen-bond acceptors (Lipinski definition) is 3. The predicted octanol–water partition coefficient (Wildman–Crippen LogP) is 3.63. The minimum Gasteiger partial charge on any atom is -0.493 e. The summed E-state index contributed by atoms with van der Waals surface area (Å²) in [7, 11) is 3.24. The normalized spacial score (nSPS) is 13.2. The van der Waals surface area contributed by atoms with E-state index in [2.05, 4.69) is 5.32 Å². The molecule has 2 aromatic carbocycles. The molecule has 132 valence electrons. The van der Waals surface area contributed by atoms with Crippen LogP contribution in [0.4, 0.5) is 4.79 Å². The SMILES string of the molecule is COc1cc2c(cc1OC)CN(C(=O)NCc1ccc(Cl)cc1)CC2. The van der Waals surface area contributed by atoms with E-state index in [1.54, 1.807) is 14.2 Å². The van der Waals surface area contributed by atoms with Crippen LogP contribution in [0.3, 0.4) is 0 Å². The summed E-state index contributed by atoms with van der Waals surface area (Å²) in [5, 5.41) is 3.65. The maximum absolute atomic E-state index is 12.5. The van der Waals surface area contributed by atoms with E-state index in [0.29, 0.717) is 30.4 Å².